The Labute approximate surface area is 162 Å². The maximum Gasteiger partial charge on any atom is 0.149 e. The molecule has 0 spiro atoms. The number of para-hydroxylation sites is 2. The molecule has 1 aliphatic rings. The van der Waals surface area contributed by atoms with Gasteiger partial charge < -0.3 is 15.2 Å². The zero-order valence-electron chi connectivity index (χ0n) is 15.1. The Hall–Kier alpha value is -2.98. The van der Waals surface area contributed by atoms with Crippen LogP contribution in [0.5, 0.6) is 11.5 Å². The van der Waals surface area contributed by atoms with Gasteiger partial charge in [-0.15, -0.1) is 0 Å². The highest BCUT2D eigenvalue weighted by atomic mass is 32.1. The molecule has 0 amide bonds. The SMILES string of the molecule is C=S=C1c2cc(C)ccc2OC(c2ccccc2)C1Nc1ccccc1O. The molecule has 0 fully saturated rings. The second-order valence-corrected chi connectivity index (χ2v) is 7.32. The smallest absolute Gasteiger partial charge is 0.149 e. The lowest BCUT2D eigenvalue weighted by Crippen LogP contribution is -2.41. The Morgan fingerprint density at radius 2 is 1.74 bits per heavy atom. The number of phenolic OH excluding ortho intramolecular Hbond substituents is 1. The van der Waals surface area contributed by atoms with Gasteiger partial charge in [-0.25, -0.2) is 0 Å². The van der Waals surface area contributed by atoms with Gasteiger partial charge in [-0.05, 0) is 42.6 Å². The van der Waals surface area contributed by atoms with Crippen LogP contribution in [-0.4, -0.2) is 21.9 Å². The molecule has 3 nitrogen and oxygen atoms in total. The summed E-state index contributed by atoms with van der Waals surface area (Å²) in [5, 5.41) is 13.7. The maximum absolute atomic E-state index is 10.3. The second kappa shape index (κ2) is 7.33. The number of phenols is 1. The predicted octanol–water partition coefficient (Wildman–Crippen LogP) is 5.00. The van der Waals surface area contributed by atoms with Crippen LogP contribution in [0.1, 0.15) is 22.8 Å². The number of aryl methyl sites for hydroxylation is 1. The summed E-state index contributed by atoms with van der Waals surface area (Å²) in [6.45, 7) is 2.07. The largest absolute Gasteiger partial charge is 0.506 e. The summed E-state index contributed by atoms with van der Waals surface area (Å²) in [5.74, 6) is 5.17. The van der Waals surface area contributed by atoms with Crippen LogP contribution in [0.25, 0.3) is 0 Å². The van der Waals surface area contributed by atoms with Crippen LogP contribution in [0.15, 0.2) is 72.8 Å². The molecular formula is C23H21NO2S. The number of benzene rings is 3. The predicted molar refractivity (Wildman–Crippen MR) is 115 cm³/mol. The Bertz CT molecular complexity index is 1030. The number of hydrogen-bond acceptors (Lipinski definition) is 3. The van der Waals surface area contributed by atoms with Crippen molar-refractivity contribution in [1.29, 1.82) is 0 Å². The Morgan fingerprint density at radius 3 is 2.48 bits per heavy atom. The third kappa shape index (κ3) is 3.36. The summed E-state index contributed by atoms with van der Waals surface area (Å²) in [5.41, 5.74) is 3.97. The van der Waals surface area contributed by atoms with E-state index in [1.165, 1.54) is 16.5 Å². The fourth-order valence-corrected chi connectivity index (χ4v) is 4.10. The van der Waals surface area contributed by atoms with E-state index < -0.39 is 0 Å². The molecule has 0 saturated heterocycles. The maximum atomic E-state index is 10.3. The van der Waals surface area contributed by atoms with Gasteiger partial charge >= 0.3 is 0 Å². The standard InChI is InChI=1S/C23H21NO2S/c1-15-12-13-20-17(14-15)23(27-2)21(24-18-10-6-7-11-19(18)25)22(26-20)16-8-4-3-5-9-16/h3-14,21-22,24-25H,2H2,1H3. The average molecular weight is 375 g/mol. The van der Waals surface area contributed by atoms with E-state index in [9.17, 15) is 5.11 Å². The molecule has 1 heterocycles. The van der Waals surface area contributed by atoms with Gasteiger partial charge in [0.15, 0.2) is 0 Å². The van der Waals surface area contributed by atoms with Gasteiger partial charge in [0.2, 0.25) is 0 Å². The number of hydrogen-bond donors (Lipinski definition) is 2. The zero-order chi connectivity index (χ0) is 18.8. The highest BCUT2D eigenvalue weighted by molar-refractivity contribution is 7.96. The summed E-state index contributed by atoms with van der Waals surface area (Å²) in [7, 11) is 1.47. The van der Waals surface area contributed by atoms with Gasteiger partial charge in [0.05, 0.1) is 5.69 Å². The molecule has 0 aliphatic carbocycles. The molecular weight excluding hydrogens is 354 g/mol. The zero-order valence-corrected chi connectivity index (χ0v) is 15.9. The molecule has 27 heavy (non-hydrogen) atoms. The lowest BCUT2D eigenvalue weighted by Gasteiger charge is -2.36. The van der Waals surface area contributed by atoms with Gasteiger partial charge in [-0.3, -0.25) is 0 Å². The van der Waals surface area contributed by atoms with Crippen molar-refractivity contribution < 1.29 is 9.84 Å². The van der Waals surface area contributed by atoms with E-state index in [1.807, 2.05) is 42.5 Å². The van der Waals surface area contributed by atoms with Gasteiger partial charge in [0, 0.05) is 10.4 Å². The van der Waals surface area contributed by atoms with E-state index in [0.717, 1.165) is 21.7 Å². The van der Waals surface area contributed by atoms with Crippen molar-refractivity contribution in [3.63, 3.8) is 0 Å². The van der Waals surface area contributed by atoms with Crippen LogP contribution < -0.4 is 10.1 Å². The quantitative estimate of drug-likeness (QED) is 0.500. The van der Waals surface area contributed by atoms with E-state index in [2.05, 4.69) is 42.4 Å². The van der Waals surface area contributed by atoms with E-state index in [0.29, 0.717) is 5.69 Å². The highest BCUT2D eigenvalue weighted by Crippen LogP contribution is 2.38. The Morgan fingerprint density at radius 1 is 1.00 bits per heavy atom. The molecule has 3 aromatic carbocycles. The molecule has 2 unspecified atom stereocenters. The van der Waals surface area contributed by atoms with Crippen molar-refractivity contribution in [3.05, 3.63) is 89.5 Å². The monoisotopic (exact) mass is 375 g/mol. The lowest BCUT2D eigenvalue weighted by atomic mass is 9.91. The normalized spacial score (nSPS) is 18.3. The molecule has 0 bridgehead atoms. The van der Waals surface area contributed by atoms with Crippen molar-refractivity contribution in [2.45, 2.75) is 19.1 Å². The van der Waals surface area contributed by atoms with Gasteiger partial charge in [-0.2, -0.15) is 10.9 Å². The first-order chi connectivity index (χ1) is 13.2. The van der Waals surface area contributed by atoms with Gasteiger partial charge in [-0.1, -0.05) is 54.1 Å². The van der Waals surface area contributed by atoms with Crippen LogP contribution in [0, 0.1) is 6.92 Å². The first kappa shape index (κ1) is 17.4. The molecule has 2 atom stereocenters. The number of rotatable bonds is 3. The van der Waals surface area contributed by atoms with Crippen molar-refractivity contribution in [1.82, 2.24) is 0 Å². The van der Waals surface area contributed by atoms with Crippen LogP contribution in [0.4, 0.5) is 5.69 Å². The molecule has 1 aliphatic heterocycles. The van der Waals surface area contributed by atoms with Gasteiger partial charge in [0.25, 0.3) is 0 Å². The molecule has 0 radical (unpaired) electrons. The lowest BCUT2D eigenvalue weighted by molar-refractivity contribution is 0.196. The summed E-state index contributed by atoms with van der Waals surface area (Å²) < 4.78 is 6.42. The Kier molecular flexibility index (Phi) is 4.73. The van der Waals surface area contributed by atoms with E-state index in [1.54, 1.807) is 6.07 Å². The van der Waals surface area contributed by atoms with Crippen LogP contribution in [-0.2, 0) is 0 Å². The van der Waals surface area contributed by atoms with Gasteiger partial charge in [0.1, 0.15) is 23.6 Å². The minimum absolute atomic E-state index is 0.169. The fraction of sp³-hybridized carbons (Fsp3) is 0.130. The number of nitrogens with one attached hydrogen (secondary N) is 1. The molecule has 3 aromatic rings. The number of aromatic hydroxyl groups is 1. The van der Waals surface area contributed by atoms with Crippen molar-refractivity contribution in [2.75, 3.05) is 5.32 Å². The summed E-state index contributed by atoms with van der Waals surface area (Å²) in [6, 6.07) is 23.4. The minimum Gasteiger partial charge on any atom is -0.506 e. The summed E-state index contributed by atoms with van der Waals surface area (Å²) in [4.78, 5) is 1.09. The summed E-state index contributed by atoms with van der Waals surface area (Å²) >= 11 is 0. The first-order valence-corrected chi connectivity index (χ1v) is 9.82. The number of ether oxygens (including phenoxy) is 1. The van der Waals surface area contributed by atoms with E-state index in [-0.39, 0.29) is 17.9 Å². The average Bonchev–Trinajstić information content (AvgIpc) is 2.70. The molecule has 2 N–H and O–H groups in total. The van der Waals surface area contributed by atoms with E-state index in [4.69, 9.17) is 4.74 Å². The fourth-order valence-electron chi connectivity index (χ4n) is 3.42. The highest BCUT2D eigenvalue weighted by Gasteiger charge is 2.36. The van der Waals surface area contributed by atoms with Crippen LogP contribution >= 0.6 is 10.9 Å². The number of anilines is 1. The molecule has 4 heteroatoms. The molecule has 0 aromatic heterocycles. The van der Waals surface area contributed by atoms with Crippen LogP contribution in [0.3, 0.4) is 0 Å². The summed E-state index contributed by atoms with van der Waals surface area (Å²) in [6.07, 6.45) is -0.231. The van der Waals surface area contributed by atoms with Crippen molar-refractivity contribution in [3.8, 4) is 11.5 Å². The van der Waals surface area contributed by atoms with E-state index >= 15 is 0 Å². The Balaban J connectivity index is 1.84. The minimum atomic E-state index is -0.231. The molecule has 4 rings (SSSR count). The first-order valence-electron chi connectivity index (χ1n) is 8.83. The van der Waals surface area contributed by atoms with Crippen molar-refractivity contribution >= 4 is 27.4 Å². The van der Waals surface area contributed by atoms with Crippen molar-refractivity contribution in [2.24, 2.45) is 0 Å². The second-order valence-electron chi connectivity index (χ2n) is 6.60. The third-order valence-corrected chi connectivity index (χ3v) is 5.52. The molecule has 136 valence electrons. The third-order valence-electron chi connectivity index (χ3n) is 4.74. The molecule has 0 saturated carbocycles. The number of fused-ring (bicyclic) bond motifs is 1. The topological polar surface area (TPSA) is 41.5 Å². The van der Waals surface area contributed by atoms with Crippen LogP contribution in [0.2, 0.25) is 0 Å².